The van der Waals surface area contributed by atoms with Crippen molar-refractivity contribution in [3.8, 4) is 0 Å². The van der Waals surface area contributed by atoms with Crippen molar-refractivity contribution in [3.05, 3.63) is 23.0 Å². The number of nitrogens with zero attached hydrogens (tertiary/aromatic N) is 4. The quantitative estimate of drug-likeness (QED) is 0.866. The van der Waals surface area contributed by atoms with Crippen LogP contribution in [0.5, 0.6) is 0 Å². The molecule has 1 atom stereocenters. The van der Waals surface area contributed by atoms with Crippen LogP contribution in [0.2, 0.25) is 0 Å². The molecular formula is C18H24N4O2. The lowest BCUT2D eigenvalue weighted by atomic mass is 10.1. The van der Waals surface area contributed by atoms with Crippen molar-refractivity contribution in [3.63, 3.8) is 0 Å². The topological polar surface area (TPSA) is 62.5 Å². The van der Waals surface area contributed by atoms with Crippen LogP contribution in [0.25, 0.3) is 11.1 Å². The number of pyridine rings is 1. The van der Waals surface area contributed by atoms with Gasteiger partial charge in [-0.1, -0.05) is 5.16 Å². The summed E-state index contributed by atoms with van der Waals surface area (Å²) in [5.74, 6) is 0.0958. The predicted molar refractivity (Wildman–Crippen MR) is 91.0 cm³/mol. The Bertz CT molecular complexity index is 764. The van der Waals surface area contributed by atoms with Crippen LogP contribution in [0.4, 0.5) is 0 Å². The van der Waals surface area contributed by atoms with Crippen molar-refractivity contribution in [1.82, 2.24) is 19.9 Å². The van der Waals surface area contributed by atoms with Gasteiger partial charge in [0.05, 0.1) is 16.6 Å². The summed E-state index contributed by atoms with van der Waals surface area (Å²) in [6.07, 6.45) is 4.74. The van der Waals surface area contributed by atoms with Gasteiger partial charge in [-0.05, 0) is 58.7 Å². The van der Waals surface area contributed by atoms with Crippen molar-refractivity contribution < 1.29 is 9.32 Å². The molecule has 24 heavy (non-hydrogen) atoms. The number of fused-ring (bicyclic) bond motifs is 1. The van der Waals surface area contributed by atoms with E-state index in [1.807, 2.05) is 19.9 Å². The number of hydrogen-bond donors (Lipinski definition) is 0. The Labute approximate surface area is 141 Å². The lowest BCUT2D eigenvalue weighted by Crippen LogP contribution is -2.42. The van der Waals surface area contributed by atoms with Crippen LogP contribution < -0.4 is 0 Å². The van der Waals surface area contributed by atoms with E-state index in [1.165, 1.54) is 25.9 Å². The SMILES string of the molecule is Cc1cc(C(=O)N2CCC[C@@H]2CN2CCCC2)c2c(C)noc2n1. The molecule has 0 saturated carbocycles. The van der Waals surface area contributed by atoms with Gasteiger partial charge in [0.15, 0.2) is 0 Å². The second-order valence-electron chi connectivity index (χ2n) is 7.06. The first kappa shape index (κ1) is 15.6. The highest BCUT2D eigenvalue weighted by molar-refractivity contribution is 6.06. The molecule has 1 amide bonds. The maximum Gasteiger partial charge on any atom is 0.258 e. The highest BCUT2D eigenvalue weighted by atomic mass is 16.5. The molecule has 2 saturated heterocycles. The molecule has 0 unspecified atom stereocenters. The van der Waals surface area contributed by atoms with Gasteiger partial charge in [-0.3, -0.25) is 4.79 Å². The smallest absolute Gasteiger partial charge is 0.258 e. The zero-order valence-electron chi connectivity index (χ0n) is 14.4. The molecule has 6 heteroatoms. The van der Waals surface area contributed by atoms with Crippen molar-refractivity contribution in [1.29, 1.82) is 0 Å². The predicted octanol–water partition coefficient (Wildman–Crippen LogP) is 2.54. The van der Waals surface area contributed by atoms with E-state index < -0.39 is 0 Å². The second kappa shape index (κ2) is 6.16. The van der Waals surface area contributed by atoms with Gasteiger partial charge in [0.2, 0.25) is 0 Å². The monoisotopic (exact) mass is 328 g/mol. The lowest BCUT2D eigenvalue weighted by Gasteiger charge is -2.28. The number of aromatic nitrogens is 2. The van der Waals surface area contributed by atoms with Crippen LogP contribution in [0.15, 0.2) is 10.6 Å². The van der Waals surface area contributed by atoms with Crippen molar-refractivity contribution in [2.24, 2.45) is 0 Å². The lowest BCUT2D eigenvalue weighted by molar-refractivity contribution is 0.0710. The standard InChI is InChI=1S/C18H24N4O2/c1-12-10-15(16-13(2)20-24-17(16)19-12)18(23)22-9-5-6-14(22)11-21-7-3-4-8-21/h10,14H,3-9,11H2,1-2H3/t14-/m1/s1. The van der Waals surface area contributed by atoms with E-state index in [2.05, 4.69) is 19.9 Å². The molecule has 4 rings (SSSR count). The maximum absolute atomic E-state index is 13.3. The third-order valence-electron chi connectivity index (χ3n) is 5.28. The summed E-state index contributed by atoms with van der Waals surface area (Å²) in [4.78, 5) is 22.2. The molecule has 2 aromatic heterocycles. The number of carbonyl (C=O) groups is 1. The van der Waals surface area contributed by atoms with Gasteiger partial charge < -0.3 is 14.3 Å². The fourth-order valence-electron chi connectivity index (χ4n) is 4.10. The molecule has 2 aromatic rings. The zero-order chi connectivity index (χ0) is 16.7. The average Bonchev–Trinajstić information content (AvgIpc) is 3.29. The molecule has 2 aliphatic heterocycles. The highest BCUT2D eigenvalue weighted by Crippen LogP contribution is 2.27. The summed E-state index contributed by atoms with van der Waals surface area (Å²) in [5.41, 5.74) is 2.67. The summed E-state index contributed by atoms with van der Waals surface area (Å²) in [7, 11) is 0. The van der Waals surface area contributed by atoms with E-state index in [-0.39, 0.29) is 5.91 Å². The molecule has 6 nitrogen and oxygen atoms in total. The molecular weight excluding hydrogens is 304 g/mol. The van der Waals surface area contributed by atoms with Crippen LogP contribution >= 0.6 is 0 Å². The fraction of sp³-hybridized carbons (Fsp3) is 0.611. The van der Waals surface area contributed by atoms with Crippen LogP contribution in [0, 0.1) is 13.8 Å². The molecule has 0 radical (unpaired) electrons. The average molecular weight is 328 g/mol. The van der Waals surface area contributed by atoms with Crippen molar-refractivity contribution >= 4 is 17.0 Å². The van der Waals surface area contributed by atoms with Gasteiger partial charge in [0.1, 0.15) is 0 Å². The first-order chi connectivity index (χ1) is 11.6. The van der Waals surface area contributed by atoms with E-state index >= 15 is 0 Å². The van der Waals surface area contributed by atoms with Crippen LogP contribution in [-0.4, -0.2) is 58.1 Å². The van der Waals surface area contributed by atoms with Crippen LogP contribution in [0.1, 0.15) is 47.4 Å². The van der Waals surface area contributed by atoms with Crippen molar-refractivity contribution in [2.75, 3.05) is 26.2 Å². The third-order valence-corrected chi connectivity index (χ3v) is 5.28. The molecule has 0 bridgehead atoms. The van der Waals surface area contributed by atoms with Crippen LogP contribution in [-0.2, 0) is 0 Å². The van der Waals surface area contributed by atoms with Crippen molar-refractivity contribution in [2.45, 2.75) is 45.6 Å². The Morgan fingerprint density at radius 3 is 2.83 bits per heavy atom. The van der Waals surface area contributed by atoms with E-state index in [1.54, 1.807) is 0 Å². The molecule has 2 fully saturated rings. The Balaban J connectivity index is 1.64. The summed E-state index contributed by atoms with van der Waals surface area (Å²) < 4.78 is 5.28. The van der Waals surface area contributed by atoms with Gasteiger partial charge in [-0.15, -0.1) is 0 Å². The normalized spacial score (nSPS) is 21.9. The van der Waals surface area contributed by atoms with Gasteiger partial charge in [-0.25, -0.2) is 4.98 Å². The van der Waals surface area contributed by atoms with Gasteiger partial charge in [0, 0.05) is 24.8 Å². The summed E-state index contributed by atoms with van der Waals surface area (Å²) >= 11 is 0. The summed E-state index contributed by atoms with van der Waals surface area (Å²) in [6.45, 7) is 7.93. The van der Waals surface area contributed by atoms with E-state index in [0.717, 1.165) is 42.7 Å². The molecule has 0 aromatic carbocycles. The minimum atomic E-state index is 0.0958. The first-order valence-corrected chi connectivity index (χ1v) is 8.90. The van der Waals surface area contributed by atoms with E-state index in [4.69, 9.17) is 4.52 Å². The molecule has 0 aliphatic carbocycles. The third kappa shape index (κ3) is 2.69. The van der Waals surface area contributed by atoms with Gasteiger partial charge >= 0.3 is 0 Å². The summed E-state index contributed by atoms with van der Waals surface area (Å²) in [5, 5.41) is 4.75. The largest absolute Gasteiger partial charge is 0.336 e. The highest BCUT2D eigenvalue weighted by Gasteiger charge is 2.33. The molecule has 2 aliphatic rings. The minimum Gasteiger partial charge on any atom is -0.336 e. The number of aryl methyl sites for hydroxylation is 2. The Hall–Kier alpha value is -1.95. The van der Waals surface area contributed by atoms with E-state index in [0.29, 0.717) is 17.3 Å². The molecule has 0 N–H and O–H groups in total. The molecule has 128 valence electrons. The molecule has 0 spiro atoms. The van der Waals surface area contributed by atoms with E-state index in [9.17, 15) is 4.79 Å². The Kier molecular flexibility index (Phi) is 4.00. The molecule has 4 heterocycles. The van der Waals surface area contributed by atoms with Gasteiger partial charge in [0.25, 0.3) is 11.6 Å². The van der Waals surface area contributed by atoms with Crippen LogP contribution in [0.3, 0.4) is 0 Å². The second-order valence-corrected chi connectivity index (χ2v) is 7.06. The minimum absolute atomic E-state index is 0.0958. The number of amides is 1. The fourth-order valence-corrected chi connectivity index (χ4v) is 4.10. The number of likely N-dealkylation sites (tertiary alicyclic amines) is 2. The first-order valence-electron chi connectivity index (χ1n) is 8.90. The Morgan fingerprint density at radius 1 is 1.25 bits per heavy atom. The zero-order valence-corrected chi connectivity index (χ0v) is 14.4. The number of rotatable bonds is 3. The van der Waals surface area contributed by atoms with Gasteiger partial charge in [-0.2, -0.15) is 0 Å². The number of hydrogen-bond acceptors (Lipinski definition) is 5. The maximum atomic E-state index is 13.3. The Morgan fingerprint density at radius 2 is 2.04 bits per heavy atom. The number of carbonyl (C=O) groups excluding carboxylic acids is 1. The summed E-state index contributed by atoms with van der Waals surface area (Å²) in [6, 6.07) is 2.19.